The lowest BCUT2D eigenvalue weighted by Crippen LogP contribution is -2.34. The fourth-order valence-corrected chi connectivity index (χ4v) is 1.57. The Balaban J connectivity index is 2.18. The van der Waals surface area contributed by atoms with Gasteiger partial charge in [0, 0.05) is 25.5 Å². The number of carbonyl (C=O) groups excluding carboxylic acids is 1. The van der Waals surface area contributed by atoms with Crippen LogP contribution in [0.25, 0.3) is 0 Å². The van der Waals surface area contributed by atoms with Crippen LogP contribution in [-0.4, -0.2) is 24.0 Å². The van der Waals surface area contributed by atoms with E-state index < -0.39 is 0 Å². The molecule has 0 aliphatic carbocycles. The van der Waals surface area contributed by atoms with Crippen molar-refractivity contribution in [2.24, 2.45) is 5.92 Å². The molecule has 1 rings (SSSR count). The summed E-state index contributed by atoms with van der Waals surface area (Å²) in [6.07, 6.45) is 4.63. The van der Waals surface area contributed by atoms with Gasteiger partial charge in [-0.2, -0.15) is 0 Å². The van der Waals surface area contributed by atoms with Gasteiger partial charge < -0.3 is 10.6 Å². The molecule has 4 heteroatoms. The van der Waals surface area contributed by atoms with Crippen molar-refractivity contribution in [1.82, 2.24) is 15.6 Å². The second-order valence-electron chi connectivity index (χ2n) is 4.94. The number of amides is 1. The summed E-state index contributed by atoms with van der Waals surface area (Å²) in [5, 5.41) is 6.04. The molecule has 0 unspecified atom stereocenters. The van der Waals surface area contributed by atoms with Crippen LogP contribution in [0.4, 0.5) is 0 Å². The molecule has 1 aromatic heterocycles. The first-order valence-electron chi connectivity index (χ1n) is 6.46. The quantitative estimate of drug-likeness (QED) is 0.772. The number of aromatic nitrogens is 1. The van der Waals surface area contributed by atoms with Gasteiger partial charge in [0.1, 0.15) is 0 Å². The molecule has 0 saturated heterocycles. The molecular weight excluding hydrogens is 226 g/mol. The molecule has 0 aliphatic heterocycles. The van der Waals surface area contributed by atoms with E-state index in [0.29, 0.717) is 19.0 Å². The van der Waals surface area contributed by atoms with E-state index in [1.54, 1.807) is 6.20 Å². The lowest BCUT2D eigenvalue weighted by molar-refractivity contribution is -0.120. The third-order valence-electron chi connectivity index (χ3n) is 2.78. The zero-order valence-corrected chi connectivity index (χ0v) is 11.5. The topological polar surface area (TPSA) is 54.0 Å². The van der Waals surface area contributed by atoms with Crippen LogP contribution in [0.3, 0.4) is 0 Å². The average molecular weight is 249 g/mol. The van der Waals surface area contributed by atoms with E-state index in [1.165, 1.54) is 5.56 Å². The highest BCUT2D eigenvalue weighted by atomic mass is 16.1. The minimum Gasteiger partial charge on any atom is -0.355 e. The predicted molar refractivity (Wildman–Crippen MR) is 73.1 cm³/mol. The highest BCUT2D eigenvalue weighted by molar-refractivity contribution is 5.77. The van der Waals surface area contributed by atoms with E-state index in [0.717, 1.165) is 18.5 Å². The SMILES string of the molecule is Cc1cnccc1CNCC(=O)NCCC(C)C. The standard InChI is InChI=1S/C14H23N3O/c1-11(2)4-7-17-14(18)10-16-9-13-5-6-15-8-12(13)3/h5-6,8,11,16H,4,7,9-10H2,1-3H3,(H,17,18). The number of pyridine rings is 1. The number of hydrogen-bond acceptors (Lipinski definition) is 3. The fourth-order valence-electron chi connectivity index (χ4n) is 1.57. The van der Waals surface area contributed by atoms with Crippen molar-refractivity contribution < 1.29 is 4.79 Å². The second-order valence-corrected chi connectivity index (χ2v) is 4.94. The first kappa shape index (κ1) is 14.6. The smallest absolute Gasteiger partial charge is 0.233 e. The molecule has 0 radical (unpaired) electrons. The molecule has 0 fully saturated rings. The van der Waals surface area contributed by atoms with E-state index in [-0.39, 0.29) is 5.91 Å². The number of hydrogen-bond donors (Lipinski definition) is 2. The van der Waals surface area contributed by atoms with Gasteiger partial charge in [-0.1, -0.05) is 13.8 Å². The van der Waals surface area contributed by atoms with Crippen LogP contribution in [0.2, 0.25) is 0 Å². The summed E-state index contributed by atoms with van der Waals surface area (Å²) in [6, 6.07) is 1.97. The summed E-state index contributed by atoms with van der Waals surface area (Å²) >= 11 is 0. The largest absolute Gasteiger partial charge is 0.355 e. The first-order chi connectivity index (χ1) is 8.59. The maximum atomic E-state index is 11.5. The number of nitrogens with zero attached hydrogens (tertiary/aromatic N) is 1. The monoisotopic (exact) mass is 249 g/mol. The Labute approximate surface area is 109 Å². The molecule has 0 spiro atoms. The Morgan fingerprint density at radius 2 is 2.22 bits per heavy atom. The Kier molecular flexibility index (Phi) is 6.36. The van der Waals surface area contributed by atoms with Crippen LogP contribution in [0.5, 0.6) is 0 Å². The molecule has 4 nitrogen and oxygen atoms in total. The molecule has 1 aromatic rings. The van der Waals surface area contributed by atoms with Crippen molar-refractivity contribution in [2.45, 2.75) is 33.7 Å². The van der Waals surface area contributed by atoms with Gasteiger partial charge in [-0.3, -0.25) is 9.78 Å². The number of nitrogens with one attached hydrogen (secondary N) is 2. The van der Waals surface area contributed by atoms with Crippen molar-refractivity contribution in [3.8, 4) is 0 Å². The zero-order valence-electron chi connectivity index (χ0n) is 11.5. The summed E-state index contributed by atoms with van der Waals surface area (Å²) in [5.74, 6) is 0.681. The van der Waals surface area contributed by atoms with Gasteiger partial charge in [-0.05, 0) is 36.5 Å². The molecule has 0 aliphatic rings. The van der Waals surface area contributed by atoms with Crippen LogP contribution < -0.4 is 10.6 Å². The lowest BCUT2D eigenvalue weighted by Gasteiger charge is -2.09. The molecule has 2 N–H and O–H groups in total. The van der Waals surface area contributed by atoms with Gasteiger partial charge in [-0.25, -0.2) is 0 Å². The minimum atomic E-state index is 0.0577. The molecule has 1 amide bonds. The molecule has 1 heterocycles. The molecule has 0 bridgehead atoms. The molecule has 0 saturated carbocycles. The van der Waals surface area contributed by atoms with Crippen LogP contribution in [0, 0.1) is 12.8 Å². The lowest BCUT2D eigenvalue weighted by atomic mass is 10.1. The van der Waals surface area contributed by atoms with Crippen LogP contribution in [0.1, 0.15) is 31.4 Å². The van der Waals surface area contributed by atoms with Gasteiger partial charge in [0.25, 0.3) is 0 Å². The zero-order chi connectivity index (χ0) is 13.4. The molecule has 0 aromatic carbocycles. The maximum absolute atomic E-state index is 11.5. The predicted octanol–water partition coefficient (Wildman–Crippen LogP) is 1.64. The van der Waals surface area contributed by atoms with E-state index in [2.05, 4.69) is 29.5 Å². The number of carbonyl (C=O) groups is 1. The van der Waals surface area contributed by atoms with Crippen molar-refractivity contribution in [1.29, 1.82) is 0 Å². The summed E-state index contributed by atoms with van der Waals surface area (Å²) < 4.78 is 0. The maximum Gasteiger partial charge on any atom is 0.233 e. The summed E-state index contributed by atoms with van der Waals surface area (Å²) in [7, 11) is 0. The van der Waals surface area contributed by atoms with E-state index in [1.807, 2.05) is 19.2 Å². The van der Waals surface area contributed by atoms with Gasteiger partial charge in [0.05, 0.1) is 6.54 Å². The van der Waals surface area contributed by atoms with Gasteiger partial charge in [0.15, 0.2) is 0 Å². The highest BCUT2D eigenvalue weighted by Gasteiger charge is 2.02. The average Bonchev–Trinajstić information content (AvgIpc) is 2.31. The summed E-state index contributed by atoms with van der Waals surface area (Å²) in [6.45, 7) is 8.14. The van der Waals surface area contributed by atoms with Gasteiger partial charge in [-0.15, -0.1) is 0 Å². The first-order valence-corrected chi connectivity index (χ1v) is 6.46. The van der Waals surface area contributed by atoms with E-state index >= 15 is 0 Å². The van der Waals surface area contributed by atoms with Crippen LogP contribution >= 0.6 is 0 Å². The Hall–Kier alpha value is -1.42. The van der Waals surface area contributed by atoms with Crippen molar-refractivity contribution in [3.63, 3.8) is 0 Å². The number of aryl methyl sites for hydroxylation is 1. The second kappa shape index (κ2) is 7.82. The molecule has 100 valence electrons. The van der Waals surface area contributed by atoms with E-state index in [4.69, 9.17) is 0 Å². The Bertz CT molecular complexity index is 377. The number of rotatable bonds is 7. The fraction of sp³-hybridized carbons (Fsp3) is 0.571. The minimum absolute atomic E-state index is 0.0577. The summed E-state index contributed by atoms with van der Waals surface area (Å²) in [5.41, 5.74) is 2.32. The Morgan fingerprint density at radius 1 is 1.44 bits per heavy atom. The third kappa shape index (κ3) is 5.77. The highest BCUT2D eigenvalue weighted by Crippen LogP contribution is 2.03. The van der Waals surface area contributed by atoms with Crippen LogP contribution in [-0.2, 0) is 11.3 Å². The van der Waals surface area contributed by atoms with Crippen molar-refractivity contribution in [2.75, 3.05) is 13.1 Å². The third-order valence-corrected chi connectivity index (χ3v) is 2.78. The molecule has 18 heavy (non-hydrogen) atoms. The Morgan fingerprint density at radius 3 is 2.89 bits per heavy atom. The van der Waals surface area contributed by atoms with Crippen molar-refractivity contribution >= 4 is 5.91 Å². The van der Waals surface area contributed by atoms with Crippen molar-refractivity contribution in [3.05, 3.63) is 29.6 Å². The summed E-state index contributed by atoms with van der Waals surface area (Å²) in [4.78, 5) is 15.6. The van der Waals surface area contributed by atoms with E-state index in [9.17, 15) is 4.79 Å². The van der Waals surface area contributed by atoms with Gasteiger partial charge in [0.2, 0.25) is 5.91 Å². The molecular formula is C14H23N3O. The van der Waals surface area contributed by atoms with Gasteiger partial charge >= 0.3 is 0 Å². The normalized spacial score (nSPS) is 10.7. The molecule has 0 atom stereocenters. The van der Waals surface area contributed by atoms with Crippen LogP contribution in [0.15, 0.2) is 18.5 Å².